The number of benzene rings is 1. The van der Waals surface area contributed by atoms with Crippen LogP contribution in [0, 0.1) is 0 Å². The third kappa shape index (κ3) is 1.51. The second-order valence-electron chi connectivity index (χ2n) is 3.69. The lowest BCUT2D eigenvalue weighted by molar-refractivity contribution is 0.558. The molecule has 16 heavy (non-hydrogen) atoms. The molecule has 0 saturated carbocycles. The Morgan fingerprint density at radius 2 is 2.38 bits per heavy atom. The van der Waals surface area contributed by atoms with E-state index in [4.69, 9.17) is 11.6 Å². The summed E-state index contributed by atoms with van der Waals surface area (Å²) >= 11 is 6.14. The number of nitrogens with one attached hydrogen (secondary N) is 2. The lowest BCUT2D eigenvalue weighted by Gasteiger charge is -2.17. The topological polar surface area (TPSA) is 43.4 Å². The molecule has 1 aromatic heterocycles. The van der Waals surface area contributed by atoms with Gasteiger partial charge in [0.15, 0.2) is 0 Å². The summed E-state index contributed by atoms with van der Waals surface area (Å²) in [5.41, 5.74) is 5.32. The number of aliphatic imine (C=N–C) groups is 1. The number of hydrazine groups is 1. The molecule has 1 aliphatic heterocycles. The number of halogens is 1. The molecule has 1 aliphatic rings. The van der Waals surface area contributed by atoms with Gasteiger partial charge in [0.05, 0.1) is 23.8 Å². The highest BCUT2D eigenvalue weighted by Crippen LogP contribution is 2.30. The predicted octanol–water partition coefficient (Wildman–Crippen LogP) is 2.49. The summed E-state index contributed by atoms with van der Waals surface area (Å²) < 4.78 is 0. The summed E-state index contributed by atoms with van der Waals surface area (Å²) in [6.45, 7) is 1.72. The average Bonchev–Trinajstić information content (AvgIpc) is 2.90. The molecule has 0 spiro atoms. The lowest BCUT2D eigenvalue weighted by atomic mass is 10.2. The van der Waals surface area contributed by atoms with Gasteiger partial charge in [-0.2, -0.15) is 0 Å². The summed E-state index contributed by atoms with van der Waals surface area (Å²) in [6, 6.07) is 6.00. The minimum atomic E-state index is 0.731. The fourth-order valence-corrected chi connectivity index (χ4v) is 2.11. The van der Waals surface area contributed by atoms with Crippen LogP contribution in [0.4, 0.5) is 5.69 Å². The quantitative estimate of drug-likeness (QED) is 0.839. The van der Waals surface area contributed by atoms with E-state index in [-0.39, 0.29) is 0 Å². The molecule has 1 aromatic carbocycles. The van der Waals surface area contributed by atoms with Crippen LogP contribution in [0.2, 0.25) is 5.02 Å². The van der Waals surface area contributed by atoms with Gasteiger partial charge in [-0.1, -0.05) is 17.7 Å². The van der Waals surface area contributed by atoms with E-state index in [2.05, 4.69) is 15.4 Å². The van der Waals surface area contributed by atoms with Gasteiger partial charge in [-0.25, -0.2) is 0 Å². The second-order valence-corrected chi connectivity index (χ2v) is 4.10. The molecule has 2 N–H and O–H groups in total. The number of aromatic amines is 1. The highest BCUT2D eigenvalue weighted by molar-refractivity contribution is 6.36. The first-order chi connectivity index (χ1) is 7.84. The molecule has 0 saturated heterocycles. The van der Waals surface area contributed by atoms with E-state index in [0.717, 1.165) is 34.7 Å². The van der Waals surface area contributed by atoms with Crippen LogP contribution in [0.3, 0.4) is 0 Å². The van der Waals surface area contributed by atoms with Crippen molar-refractivity contribution in [2.75, 3.05) is 18.5 Å². The van der Waals surface area contributed by atoms with Crippen molar-refractivity contribution in [1.29, 1.82) is 0 Å². The number of H-pyrrole nitrogens is 1. The SMILES string of the molecule is Clc1c[nH]c2cccc(NN3C=NCC3)c12. The van der Waals surface area contributed by atoms with Crippen LogP contribution in [0.1, 0.15) is 0 Å². The fourth-order valence-electron chi connectivity index (χ4n) is 1.86. The molecule has 5 heteroatoms. The Morgan fingerprint density at radius 3 is 3.19 bits per heavy atom. The number of aromatic nitrogens is 1. The predicted molar refractivity (Wildman–Crippen MR) is 67.0 cm³/mol. The smallest absolute Gasteiger partial charge is 0.104 e. The Labute approximate surface area is 97.9 Å². The van der Waals surface area contributed by atoms with Crippen molar-refractivity contribution in [2.24, 2.45) is 4.99 Å². The van der Waals surface area contributed by atoms with Crippen molar-refractivity contribution >= 4 is 34.5 Å². The van der Waals surface area contributed by atoms with Crippen molar-refractivity contribution in [2.45, 2.75) is 0 Å². The molecule has 0 aliphatic carbocycles. The molecule has 2 aromatic rings. The highest BCUT2D eigenvalue weighted by Gasteiger charge is 2.10. The van der Waals surface area contributed by atoms with Crippen LogP contribution >= 0.6 is 11.6 Å². The first-order valence-corrected chi connectivity index (χ1v) is 5.51. The Kier molecular flexibility index (Phi) is 2.22. The third-order valence-corrected chi connectivity index (χ3v) is 2.91. The molecule has 3 rings (SSSR count). The zero-order chi connectivity index (χ0) is 11.0. The maximum absolute atomic E-state index is 6.14. The number of fused-ring (bicyclic) bond motifs is 1. The minimum absolute atomic E-state index is 0.731. The van der Waals surface area contributed by atoms with Crippen molar-refractivity contribution in [3.05, 3.63) is 29.4 Å². The molecular formula is C11H11ClN4. The Bertz CT molecular complexity index is 546. The Balaban J connectivity index is 2.01. The van der Waals surface area contributed by atoms with Gasteiger partial charge in [0.25, 0.3) is 0 Å². The van der Waals surface area contributed by atoms with Gasteiger partial charge < -0.3 is 4.98 Å². The molecule has 4 nitrogen and oxygen atoms in total. The third-order valence-electron chi connectivity index (χ3n) is 2.61. The van der Waals surface area contributed by atoms with E-state index in [1.165, 1.54) is 0 Å². The monoisotopic (exact) mass is 234 g/mol. The van der Waals surface area contributed by atoms with E-state index in [9.17, 15) is 0 Å². The molecule has 0 fully saturated rings. The first kappa shape index (κ1) is 9.54. The summed E-state index contributed by atoms with van der Waals surface area (Å²) in [6.07, 6.45) is 3.61. The summed E-state index contributed by atoms with van der Waals surface area (Å²) in [5, 5.41) is 3.71. The van der Waals surface area contributed by atoms with E-state index < -0.39 is 0 Å². The molecule has 0 unspecified atom stereocenters. The van der Waals surface area contributed by atoms with Crippen LogP contribution in [-0.4, -0.2) is 29.4 Å². The van der Waals surface area contributed by atoms with E-state index >= 15 is 0 Å². The maximum Gasteiger partial charge on any atom is 0.104 e. The van der Waals surface area contributed by atoms with Gasteiger partial charge in [-0.3, -0.25) is 15.4 Å². The zero-order valence-corrected chi connectivity index (χ0v) is 9.33. The molecular weight excluding hydrogens is 224 g/mol. The van der Waals surface area contributed by atoms with Gasteiger partial charge in [0.2, 0.25) is 0 Å². The van der Waals surface area contributed by atoms with E-state index in [1.807, 2.05) is 23.2 Å². The van der Waals surface area contributed by atoms with Crippen molar-refractivity contribution in [1.82, 2.24) is 9.99 Å². The largest absolute Gasteiger partial charge is 0.360 e. The Hall–Kier alpha value is -1.68. The summed E-state index contributed by atoms with van der Waals surface area (Å²) in [7, 11) is 0. The number of hydrogen-bond donors (Lipinski definition) is 2. The molecule has 2 heterocycles. The van der Waals surface area contributed by atoms with Crippen LogP contribution in [0.15, 0.2) is 29.4 Å². The van der Waals surface area contributed by atoms with E-state index in [0.29, 0.717) is 0 Å². The molecule has 0 atom stereocenters. The number of anilines is 1. The Morgan fingerprint density at radius 1 is 1.44 bits per heavy atom. The number of nitrogens with zero attached hydrogens (tertiary/aromatic N) is 2. The zero-order valence-electron chi connectivity index (χ0n) is 8.57. The summed E-state index contributed by atoms with van der Waals surface area (Å²) in [4.78, 5) is 7.28. The number of rotatable bonds is 2. The van der Waals surface area contributed by atoms with E-state index in [1.54, 1.807) is 12.5 Å². The van der Waals surface area contributed by atoms with Gasteiger partial charge in [-0.05, 0) is 12.1 Å². The van der Waals surface area contributed by atoms with Crippen molar-refractivity contribution < 1.29 is 0 Å². The second kappa shape index (κ2) is 3.72. The fraction of sp³-hybridized carbons (Fsp3) is 0.182. The minimum Gasteiger partial charge on any atom is -0.360 e. The van der Waals surface area contributed by atoms with Gasteiger partial charge in [0, 0.05) is 17.1 Å². The average molecular weight is 235 g/mol. The van der Waals surface area contributed by atoms with Gasteiger partial charge >= 0.3 is 0 Å². The summed E-state index contributed by atoms with van der Waals surface area (Å²) in [5.74, 6) is 0. The van der Waals surface area contributed by atoms with Crippen LogP contribution in [-0.2, 0) is 0 Å². The molecule has 0 amide bonds. The standard InChI is InChI=1S/C11H11ClN4/c12-8-6-14-9-2-1-3-10(11(8)9)15-16-5-4-13-7-16/h1-3,6-7,14-15H,4-5H2. The highest BCUT2D eigenvalue weighted by atomic mass is 35.5. The maximum atomic E-state index is 6.14. The first-order valence-electron chi connectivity index (χ1n) is 5.13. The molecule has 82 valence electrons. The van der Waals surface area contributed by atoms with Crippen LogP contribution in [0.5, 0.6) is 0 Å². The van der Waals surface area contributed by atoms with Crippen LogP contribution < -0.4 is 5.43 Å². The van der Waals surface area contributed by atoms with Crippen molar-refractivity contribution in [3.63, 3.8) is 0 Å². The van der Waals surface area contributed by atoms with Gasteiger partial charge in [0.1, 0.15) is 6.34 Å². The van der Waals surface area contributed by atoms with Gasteiger partial charge in [-0.15, -0.1) is 0 Å². The van der Waals surface area contributed by atoms with Crippen molar-refractivity contribution in [3.8, 4) is 0 Å². The van der Waals surface area contributed by atoms with Crippen LogP contribution in [0.25, 0.3) is 10.9 Å². The molecule has 0 bridgehead atoms. The number of hydrogen-bond acceptors (Lipinski definition) is 3. The molecule has 0 radical (unpaired) electrons. The lowest BCUT2D eigenvalue weighted by Crippen LogP contribution is -2.26. The normalized spacial score (nSPS) is 14.9.